The average molecular weight is 409 g/mol. The Kier molecular flexibility index (Phi) is 4.24. The molecule has 0 bridgehead atoms. The van der Waals surface area contributed by atoms with E-state index in [0.717, 1.165) is 34.4 Å². The zero-order chi connectivity index (χ0) is 20.3. The Morgan fingerprint density at radius 2 is 2.24 bits per heavy atom. The molecular formula is C22H24N4O2S. The van der Waals surface area contributed by atoms with Crippen molar-refractivity contribution >= 4 is 33.2 Å². The fourth-order valence-electron chi connectivity index (χ4n) is 4.23. The molecule has 4 aromatic rings. The van der Waals surface area contributed by atoms with Gasteiger partial charge in [-0.05, 0) is 49.4 Å². The van der Waals surface area contributed by atoms with Gasteiger partial charge in [-0.1, -0.05) is 13.8 Å². The summed E-state index contributed by atoms with van der Waals surface area (Å²) in [6.07, 6.45) is 4.52. The molecule has 1 aliphatic rings. The van der Waals surface area contributed by atoms with Gasteiger partial charge in [0.15, 0.2) is 5.65 Å². The first-order valence-corrected chi connectivity index (χ1v) is 10.9. The molecule has 0 aromatic carbocycles. The minimum Gasteiger partial charge on any atom is -0.466 e. The Hall–Kier alpha value is -2.67. The van der Waals surface area contributed by atoms with Gasteiger partial charge in [-0.3, -0.25) is 4.79 Å². The van der Waals surface area contributed by atoms with Crippen molar-refractivity contribution in [3.8, 4) is 11.3 Å². The predicted octanol–water partition coefficient (Wildman–Crippen LogP) is 5.04. The summed E-state index contributed by atoms with van der Waals surface area (Å²) in [5.74, 6) is 0.641. The van der Waals surface area contributed by atoms with Crippen LogP contribution < -0.4 is 0 Å². The summed E-state index contributed by atoms with van der Waals surface area (Å²) in [5, 5.41) is 4.32. The van der Waals surface area contributed by atoms with Crippen molar-refractivity contribution in [2.45, 2.75) is 46.0 Å². The first-order valence-electron chi connectivity index (χ1n) is 10.1. The SMILES string of the molecule is CCOC(=O)C1CC1c1cc2[nH]c(-c3cc(C)c4ncnn4c3)c(C(C)C)c2s1. The highest BCUT2D eigenvalue weighted by atomic mass is 32.1. The van der Waals surface area contributed by atoms with Crippen LogP contribution in [-0.2, 0) is 9.53 Å². The van der Waals surface area contributed by atoms with Gasteiger partial charge >= 0.3 is 5.97 Å². The summed E-state index contributed by atoms with van der Waals surface area (Å²) in [6, 6.07) is 4.39. The first-order chi connectivity index (χ1) is 14.0. The van der Waals surface area contributed by atoms with Crippen LogP contribution >= 0.6 is 11.3 Å². The van der Waals surface area contributed by atoms with Crippen LogP contribution in [0.15, 0.2) is 24.7 Å². The Morgan fingerprint density at radius 3 is 3.00 bits per heavy atom. The number of aromatic nitrogens is 4. The van der Waals surface area contributed by atoms with Gasteiger partial charge in [0.05, 0.1) is 28.4 Å². The normalized spacial score (nSPS) is 18.8. The molecule has 2 unspecified atom stereocenters. The highest BCUT2D eigenvalue weighted by Gasteiger charge is 2.46. The van der Waals surface area contributed by atoms with Crippen molar-refractivity contribution in [2.75, 3.05) is 6.61 Å². The Labute approximate surface area is 172 Å². The van der Waals surface area contributed by atoms with E-state index in [-0.39, 0.29) is 11.9 Å². The molecule has 29 heavy (non-hydrogen) atoms. The van der Waals surface area contributed by atoms with E-state index >= 15 is 0 Å². The van der Waals surface area contributed by atoms with Gasteiger partial charge in [0.25, 0.3) is 0 Å². The van der Waals surface area contributed by atoms with Crippen LogP contribution in [0.1, 0.15) is 55.0 Å². The van der Waals surface area contributed by atoms with Gasteiger partial charge in [-0.2, -0.15) is 5.10 Å². The van der Waals surface area contributed by atoms with E-state index in [0.29, 0.717) is 18.4 Å². The van der Waals surface area contributed by atoms with E-state index in [9.17, 15) is 4.79 Å². The number of nitrogens with one attached hydrogen (secondary N) is 1. The zero-order valence-corrected chi connectivity index (χ0v) is 17.8. The summed E-state index contributed by atoms with van der Waals surface area (Å²) < 4.78 is 8.32. The van der Waals surface area contributed by atoms with Crippen LogP contribution in [0.25, 0.3) is 27.1 Å². The summed E-state index contributed by atoms with van der Waals surface area (Å²) >= 11 is 1.81. The maximum atomic E-state index is 12.0. The summed E-state index contributed by atoms with van der Waals surface area (Å²) in [7, 11) is 0. The van der Waals surface area contributed by atoms with E-state index in [1.54, 1.807) is 6.33 Å². The monoisotopic (exact) mass is 408 g/mol. The number of carbonyl (C=O) groups is 1. The van der Waals surface area contributed by atoms with Crippen LogP contribution in [-0.4, -0.2) is 32.2 Å². The molecule has 1 N–H and O–H groups in total. The summed E-state index contributed by atoms with van der Waals surface area (Å²) in [6.45, 7) is 8.83. The number of H-pyrrole nitrogens is 1. The van der Waals surface area contributed by atoms with Crippen molar-refractivity contribution in [3.63, 3.8) is 0 Å². The number of thiophene rings is 1. The van der Waals surface area contributed by atoms with Gasteiger partial charge < -0.3 is 9.72 Å². The second-order valence-corrected chi connectivity index (χ2v) is 9.18. The summed E-state index contributed by atoms with van der Waals surface area (Å²) in [5.41, 5.74) is 6.71. The molecular weight excluding hydrogens is 384 g/mol. The fourth-order valence-corrected chi connectivity index (χ4v) is 5.72. The third-order valence-corrected chi connectivity index (χ3v) is 7.00. The molecule has 1 aliphatic carbocycles. The molecule has 0 aliphatic heterocycles. The number of rotatable bonds is 5. The Balaban J connectivity index is 1.56. The standard InChI is InChI=1S/C22H24N4O2S/c1-5-28-22(27)15-7-14(15)17-8-16-20(29-17)18(11(2)3)19(25-16)13-6-12(4)21-23-10-24-26(21)9-13/h6,8-11,14-15,25H,5,7H2,1-4H3. The van der Waals surface area contributed by atoms with Gasteiger partial charge in [0.1, 0.15) is 6.33 Å². The number of pyridine rings is 1. The lowest BCUT2D eigenvalue weighted by molar-refractivity contribution is -0.144. The molecule has 0 amide bonds. The second kappa shape index (κ2) is 6.69. The van der Waals surface area contributed by atoms with Gasteiger partial charge in [0.2, 0.25) is 0 Å². The topological polar surface area (TPSA) is 72.3 Å². The quantitative estimate of drug-likeness (QED) is 0.470. The second-order valence-electron chi connectivity index (χ2n) is 8.10. The number of ether oxygens (including phenoxy) is 1. The fraction of sp³-hybridized carbons (Fsp3) is 0.409. The number of aromatic amines is 1. The van der Waals surface area contributed by atoms with Crippen molar-refractivity contribution < 1.29 is 9.53 Å². The predicted molar refractivity (Wildman–Crippen MR) is 114 cm³/mol. The zero-order valence-electron chi connectivity index (χ0n) is 17.0. The number of fused-ring (bicyclic) bond motifs is 2. The molecule has 5 rings (SSSR count). The first kappa shape index (κ1) is 18.4. The number of hydrogen-bond acceptors (Lipinski definition) is 5. The molecule has 6 nitrogen and oxygen atoms in total. The van der Waals surface area contributed by atoms with Crippen molar-refractivity contribution in [3.05, 3.63) is 40.7 Å². The molecule has 4 heterocycles. The van der Waals surface area contributed by atoms with Gasteiger partial charge in [0, 0.05) is 22.6 Å². The maximum Gasteiger partial charge on any atom is 0.309 e. The number of carbonyl (C=O) groups excluding carboxylic acids is 1. The third kappa shape index (κ3) is 2.95. The minimum absolute atomic E-state index is 0.0250. The van der Waals surface area contributed by atoms with E-state index in [2.05, 4.69) is 48.0 Å². The van der Waals surface area contributed by atoms with Crippen LogP contribution in [0.2, 0.25) is 0 Å². The van der Waals surface area contributed by atoms with E-state index in [4.69, 9.17) is 4.74 Å². The number of esters is 1. The Bertz CT molecular complexity index is 1230. The molecule has 4 aromatic heterocycles. The molecule has 2 atom stereocenters. The lowest BCUT2D eigenvalue weighted by atomic mass is 9.99. The van der Waals surface area contributed by atoms with Crippen LogP contribution in [0, 0.1) is 12.8 Å². The third-order valence-electron chi connectivity index (χ3n) is 5.70. The van der Waals surface area contributed by atoms with E-state index < -0.39 is 0 Å². The maximum absolute atomic E-state index is 12.0. The van der Waals surface area contributed by atoms with Gasteiger partial charge in [-0.15, -0.1) is 11.3 Å². The number of hydrogen-bond donors (Lipinski definition) is 1. The highest BCUT2D eigenvalue weighted by Crippen LogP contribution is 2.52. The smallest absolute Gasteiger partial charge is 0.309 e. The molecule has 7 heteroatoms. The van der Waals surface area contributed by atoms with E-state index in [1.807, 2.05) is 29.0 Å². The van der Waals surface area contributed by atoms with Gasteiger partial charge in [-0.25, -0.2) is 9.50 Å². The minimum atomic E-state index is -0.0593. The van der Waals surface area contributed by atoms with Crippen molar-refractivity contribution in [1.29, 1.82) is 0 Å². The Morgan fingerprint density at radius 1 is 1.41 bits per heavy atom. The molecule has 0 radical (unpaired) electrons. The lowest BCUT2D eigenvalue weighted by Gasteiger charge is -2.09. The van der Waals surface area contributed by atoms with Crippen LogP contribution in [0.4, 0.5) is 0 Å². The van der Waals surface area contributed by atoms with Crippen LogP contribution in [0.5, 0.6) is 0 Å². The molecule has 0 saturated heterocycles. The lowest BCUT2D eigenvalue weighted by Crippen LogP contribution is -2.06. The van der Waals surface area contributed by atoms with Crippen molar-refractivity contribution in [2.24, 2.45) is 5.92 Å². The molecule has 1 saturated carbocycles. The largest absolute Gasteiger partial charge is 0.466 e. The average Bonchev–Trinajstić information content (AvgIpc) is 3.00. The molecule has 0 spiro atoms. The van der Waals surface area contributed by atoms with Crippen LogP contribution in [0.3, 0.4) is 0 Å². The number of nitrogens with zero attached hydrogens (tertiary/aromatic N) is 3. The van der Waals surface area contributed by atoms with E-state index in [1.165, 1.54) is 15.1 Å². The summed E-state index contributed by atoms with van der Waals surface area (Å²) in [4.78, 5) is 21.3. The number of aryl methyl sites for hydroxylation is 1. The van der Waals surface area contributed by atoms with Crippen molar-refractivity contribution in [1.82, 2.24) is 19.6 Å². The highest BCUT2D eigenvalue weighted by molar-refractivity contribution is 7.19. The molecule has 150 valence electrons. The molecule has 1 fully saturated rings.